The Hall–Kier alpha value is -3.07. The number of benzene rings is 2. The van der Waals surface area contributed by atoms with Crippen molar-refractivity contribution in [2.75, 3.05) is 26.3 Å². The van der Waals surface area contributed by atoms with Gasteiger partial charge in [0, 0.05) is 25.7 Å². The Kier molecular flexibility index (Phi) is 5.63. The van der Waals surface area contributed by atoms with E-state index in [9.17, 15) is 20.1 Å². The molecule has 2 aromatic carbocycles. The fraction of sp³-hybridized carbons (Fsp3) is 0.238. The monoisotopic (exact) mass is 430 g/mol. The first kappa shape index (κ1) is 20.2. The van der Waals surface area contributed by atoms with Crippen molar-refractivity contribution in [3.63, 3.8) is 0 Å². The van der Waals surface area contributed by atoms with Crippen LogP contribution in [0.25, 0.3) is 22.5 Å². The van der Waals surface area contributed by atoms with E-state index in [1.807, 2.05) is 12.1 Å². The van der Waals surface area contributed by atoms with Gasteiger partial charge in [0.25, 0.3) is 0 Å². The number of hydrogen-bond acceptors (Lipinski definition) is 7. The molecule has 1 aliphatic rings. The number of morpholine rings is 1. The van der Waals surface area contributed by atoms with Crippen LogP contribution in [0.1, 0.15) is 16.1 Å². The summed E-state index contributed by atoms with van der Waals surface area (Å²) in [7, 11) is 0. The summed E-state index contributed by atoms with van der Waals surface area (Å²) in [5, 5.41) is 33.1. The van der Waals surface area contributed by atoms with E-state index in [1.165, 1.54) is 6.07 Å². The Morgan fingerprint density at radius 3 is 2.47 bits per heavy atom. The van der Waals surface area contributed by atoms with Gasteiger partial charge in [0.1, 0.15) is 11.5 Å². The molecule has 0 radical (unpaired) electrons. The summed E-state index contributed by atoms with van der Waals surface area (Å²) in [6, 6.07) is 9.77. The van der Waals surface area contributed by atoms with Crippen LogP contribution in [-0.4, -0.2) is 57.6 Å². The molecule has 1 saturated heterocycles. The average Bonchev–Trinajstić information content (AvgIpc) is 3.17. The van der Waals surface area contributed by atoms with Crippen molar-refractivity contribution in [3.8, 4) is 33.9 Å². The second-order valence-electron chi connectivity index (χ2n) is 6.95. The van der Waals surface area contributed by atoms with E-state index >= 15 is 0 Å². The van der Waals surface area contributed by atoms with Gasteiger partial charge in [-0.3, -0.25) is 4.90 Å². The highest BCUT2D eigenvalue weighted by Crippen LogP contribution is 2.42. The lowest BCUT2D eigenvalue weighted by atomic mass is 9.97. The van der Waals surface area contributed by atoms with Crippen molar-refractivity contribution in [3.05, 3.63) is 52.7 Å². The molecule has 3 aromatic rings. The van der Waals surface area contributed by atoms with E-state index in [-0.39, 0.29) is 39.1 Å². The number of aromatic hydroxyl groups is 2. The average molecular weight is 431 g/mol. The molecule has 2 heterocycles. The molecule has 156 valence electrons. The van der Waals surface area contributed by atoms with Gasteiger partial charge in [-0.25, -0.2) is 4.79 Å². The molecule has 8 nitrogen and oxygen atoms in total. The van der Waals surface area contributed by atoms with E-state index in [2.05, 4.69) is 10.1 Å². The van der Waals surface area contributed by atoms with Crippen LogP contribution in [0.3, 0.4) is 0 Å². The van der Waals surface area contributed by atoms with E-state index in [0.717, 1.165) is 31.3 Å². The number of aromatic nitrogens is 1. The van der Waals surface area contributed by atoms with Crippen molar-refractivity contribution in [1.82, 2.24) is 10.1 Å². The highest BCUT2D eigenvalue weighted by atomic mass is 35.5. The molecule has 1 aromatic heterocycles. The number of phenolic OH excluding ortho intramolecular Hbond substituents is 2. The number of carboxylic acids is 1. The molecule has 0 aliphatic carbocycles. The highest BCUT2D eigenvalue weighted by Gasteiger charge is 2.26. The maximum Gasteiger partial charge on any atom is 0.358 e. The fourth-order valence-corrected chi connectivity index (χ4v) is 3.58. The first-order valence-corrected chi connectivity index (χ1v) is 9.66. The van der Waals surface area contributed by atoms with Gasteiger partial charge in [0.2, 0.25) is 0 Å². The van der Waals surface area contributed by atoms with Crippen LogP contribution < -0.4 is 0 Å². The minimum atomic E-state index is -1.26. The molecular formula is C21H19ClN2O6. The molecule has 0 unspecified atom stereocenters. The van der Waals surface area contributed by atoms with Crippen molar-refractivity contribution in [2.45, 2.75) is 6.54 Å². The maximum absolute atomic E-state index is 11.7. The van der Waals surface area contributed by atoms with E-state index in [4.69, 9.17) is 20.9 Å². The summed E-state index contributed by atoms with van der Waals surface area (Å²) in [6.45, 7) is 3.91. The van der Waals surface area contributed by atoms with Crippen LogP contribution in [0.5, 0.6) is 11.5 Å². The number of carbonyl (C=O) groups is 1. The Balaban J connectivity index is 1.72. The third-order valence-electron chi connectivity index (χ3n) is 4.96. The second-order valence-corrected chi connectivity index (χ2v) is 7.35. The lowest BCUT2D eigenvalue weighted by molar-refractivity contribution is 0.0342. The normalized spacial score (nSPS) is 14.7. The Bertz CT molecular complexity index is 1070. The highest BCUT2D eigenvalue weighted by molar-refractivity contribution is 6.32. The smallest absolute Gasteiger partial charge is 0.358 e. The topological polar surface area (TPSA) is 116 Å². The third-order valence-corrected chi connectivity index (χ3v) is 5.26. The minimum absolute atomic E-state index is 0.0112. The molecule has 9 heteroatoms. The zero-order chi connectivity index (χ0) is 21.3. The van der Waals surface area contributed by atoms with Crippen LogP contribution >= 0.6 is 11.6 Å². The van der Waals surface area contributed by atoms with E-state index in [1.54, 1.807) is 12.1 Å². The summed E-state index contributed by atoms with van der Waals surface area (Å²) in [4.78, 5) is 14.0. The summed E-state index contributed by atoms with van der Waals surface area (Å²) < 4.78 is 10.6. The summed E-state index contributed by atoms with van der Waals surface area (Å²) in [5.41, 5.74) is 1.71. The van der Waals surface area contributed by atoms with Gasteiger partial charge in [-0.1, -0.05) is 41.0 Å². The van der Waals surface area contributed by atoms with Gasteiger partial charge in [-0.05, 0) is 17.2 Å². The van der Waals surface area contributed by atoms with Crippen molar-refractivity contribution < 1.29 is 29.4 Å². The van der Waals surface area contributed by atoms with Gasteiger partial charge >= 0.3 is 5.97 Å². The van der Waals surface area contributed by atoms with E-state index < -0.39 is 5.97 Å². The largest absolute Gasteiger partial charge is 0.507 e. The number of aromatic carboxylic acids is 1. The molecule has 1 fully saturated rings. The number of phenols is 2. The summed E-state index contributed by atoms with van der Waals surface area (Å²) in [6.07, 6.45) is 0. The molecule has 0 spiro atoms. The third kappa shape index (κ3) is 3.97. The SMILES string of the molecule is O=C(O)c1noc(-c2cc(Cl)c(O)cc2O)c1-c1ccc(CN2CCOCC2)cc1. The quantitative estimate of drug-likeness (QED) is 0.562. The van der Waals surface area contributed by atoms with Crippen LogP contribution in [-0.2, 0) is 11.3 Å². The Morgan fingerprint density at radius 2 is 1.80 bits per heavy atom. The Labute approximate surface area is 176 Å². The van der Waals surface area contributed by atoms with Crippen molar-refractivity contribution in [1.29, 1.82) is 0 Å². The molecule has 0 bridgehead atoms. The molecule has 30 heavy (non-hydrogen) atoms. The van der Waals surface area contributed by atoms with Gasteiger partial charge in [0.15, 0.2) is 11.5 Å². The number of nitrogens with zero attached hydrogens (tertiary/aromatic N) is 2. The molecule has 4 rings (SSSR count). The van der Waals surface area contributed by atoms with E-state index in [0.29, 0.717) is 18.8 Å². The molecule has 0 amide bonds. The lowest BCUT2D eigenvalue weighted by Gasteiger charge is -2.26. The number of hydrogen-bond donors (Lipinski definition) is 3. The maximum atomic E-state index is 11.7. The van der Waals surface area contributed by atoms with Crippen molar-refractivity contribution in [2.24, 2.45) is 0 Å². The number of halogens is 1. The predicted molar refractivity (Wildman–Crippen MR) is 109 cm³/mol. The standard InChI is InChI=1S/C21H19ClN2O6/c22-15-9-14(16(25)10-17(15)26)20-18(19(21(27)28)23-30-20)13-3-1-12(2-4-13)11-24-5-7-29-8-6-24/h1-4,9-10,25-26H,5-8,11H2,(H,27,28). The molecular weight excluding hydrogens is 412 g/mol. The molecule has 1 aliphatic heterocycles. The predicted octanol–water partition coefficient (Wildman–Crippen LogP) is 3.60. The number of rotatable bonds is 5. The van der Waals surface area contributed by atoms with Crippen LogP contribution in [0, 0.1) is 0 Å². The first-order chi connectivity index (χ1) is 14.4. The van der Waals surface area contributed by atoms with Crippen LogP contribution in [0.2, 0.25) is 5.02 Å². The first-order valence-electron chi connectivity index (χ1n) is 9.28. The fourth-order valence-electron chi connectivity index (χ4n) is 3.41. The summed E-state index contributed by atoms with van der Waals surface area (Å²) >= 11 is 5.96. The van der Waals surface area contributed by atoms with Gasteiger partial charge < -0.3 is 24.6 Å². The van der Waals surface area contributed by atoms with Crippen LogP contribution in [0.15, 0.2) is 40.9 Å². The van der Waals surface area contributed by atoms with Gasteiger partial charge in [0.05, 0.1) is 29.4 Å². The van der Waals surface area contributed by atoms with Crippen molar-refractivity contribution >= 4 is 17.6 Å². The van der Waals surface area contributed by atoms with Gasteiger partial charge in [-0.15, -0.1) is 0 Å². The van der Waals surface area contributed by atoms with Crippen LogP contribution in [0.4, 0.5) is 0 Å². The Morgan fingerprint density at radius 1 is 1.10 bits per heavy atom. The molecule has 3 N–H and O–H groups in total. The van der Waals surface area contributed by atoms with Gasteiger partial charge in [-0.2, -0.15) is 0 Å². The number of ether oxygens (including phenoxy) is 1. The summed E-state index contributed by atoms with van der Waals surface area (Å²) in [5.74, 6) is -1.82. The zero-order valence-electron chi connectivity index (χ0n) is 15.8. The number of carboxylic acid groups (broad SMARTS) is 1. The lowest BCUT2D eigenvalue weighted by Crippen LogP contribution is -2.35. The molecule has 0 saturated carbocycles. The minimum Gasteiger partial charge on any atom is -0.507 e. The second kappa shape index (κ2) is 8.35. The molecule has 0 atom stereocenters. The zero-order valence-corrected chi connectivity index (χ0v) is 16.6.